The second kappa shape index (κ2) is 10.1. The molecule has 2 saturated heterocycles. The molecule has 3 aromatic rings. The zero-order chi connectivity index (χ0) is 30.4. The van der Waals surface area contributed by atoms with Crippen molar-refractivity contribution in [1.82, 2.24) is 19.5 Å². The lowest BCUT2D eigenvalue weighted by molar-refractivity contribution is -0.137. The van der Waals surface area contributed by atoms with Crippen LogP contribution in [0.2, 0.25) is 0 Å². The highest BCUT2D eigenvalue weighted by Crippen LogP contribution is 2.66. The number of aromatic nitrogens is 1. The summed E-state index contributed by atoms with van der Waals surface area (Å²) in [5, 5.41) is 9.68. The topological polar surface area (TPSA) is 136 Å². The van der Waals surface area contributed by atoms with Crippen LogP contribution < -0.4 is 19.9 Å². The van der Waals surface area contributed by atoms with Crippen LogP contribution in [0.5, 0.6) is 5.75 Å². The second-order valence-electron chi connectivity index (χ2n) is 13.6. The van der Waals surface area contributed by atoms with Crippen molar-refractivity contribution in [2.24, 2.45) is 22.4 Å². The van der Waals surface area contributed by atoms with Crippen molar-refractivity contribution in [3.8, 4) is 17.0 Å². The molecule has 10 nitrogen and oxygen atoms in total. The predicted octanol–water partition coefficient (Wildman–Crippen LogP) is 3.46. The average molecular weight is 618 g/mol. The van der Waals surface area contributed by atoms with Gasteiger partial charge in [-0.25, -0.2) is 9.86 Å². The quantitative estimate of drug-likeness (QED) is 0.401. The highest BCUT2D eigenvalue weighted by atomic mass is 32.2. The number of benzene rings is 2. The minimum absolute atomic E-state index is 0.0710. The molecule has 232 valence electrons. The number of hydrogen-bond donors (Lipinski definition) is 3. The molecule has 4 fully saturated rings. The fourth-order valence-electron chi connectivity index (χ4n) is 8.95. The molecule has 5 aliphatic rings. The van der Waals surface area contributed by atoms with Crippen LogP contribution in [0.4, 0.5) is 0 Å². The summed E-state index contributed by atoms with van der Waals surface area (Å²) in [4.78, 5) is 29.7. The fourth-order valence-corrected chi connectivity index (χ4v) is 9.32. The van der Waals surface area contributed by atoms with E-state index in [1.165, 1.54) is 12.0 Å². The standard InChI is InChI=1S/C33H39N5O5S/c1-43-23-8-10-24-26(12-23)27-13-33(27,32(40)37-16-21-14-35-15-22(21)17-37)18-38-28-11-20(31(39)36-44(34,41)42)7-9-25(28)29(30(24)38)19-5-3-2-4-6-19/h7-12,19,21-22,27,35H,2-6,13-18H2,1H3,(H,36,39)(H2,34,41,42). The summed E-state index contributed by atoms with van der Waals surface area (Å²) >= 11 is 0. The van der Waals surface area contributed by atoms with Gasteiger partial charge in [0.1, 0.15) is 5.75 Å². The molecule has 3 aliphatic heterocycles. The van der Waals surface area contributed by atoms with E-state index in [0.29, 0.717) is 24.3 Å². The van der Waals surface area contributed by atoms with Crippen molar-refractivity contribution in [1.29, 1.82) is 0 Å². The predicted molar refractivity (Wildman–Crippen MR) is 167 cm³/mol. The normalized spacial score (nSPS) is 27.7. The Bertz CT molecular complexity index is 1800. The van der Waals surface area contributed by atoms with Gasteiger partial charge in [0.2, 0.25) is 5.91 Å². The largest absolute Gasteiger partial charge is 0.497 e. The zero-order valence-corrected chi connectivity index (χ0v) is 25.8. The number of likely N-dealkylation sites (tertiary alicyclic amines) is 1. The van der Waals surface area contributed by atoms with E-state index in [0.717, 1.165) is 91.8 Å². The van der Waals surface area contributed by atoms with E-state index in [2.05, 4.69) is 26.9 Å². The molecule has 44 heavy (non-hydrogen) atoms. The molecule has 4 atom stereocenters. The molecule has 0 bridgehead atoms. The number of nitrogens with one attached hydrogen (secondary N) is 2. The van der Waals surface area contributed by atoms with Gasteiger partial charge in [0, 0.05) is 60.7 Å². The summed E-state index contributed by atoms with van der Waals surface area (Å²) in [5.74, 6) is 1.68. The Labute approximate surface area is 257 Å². The smallest absolute Gasteiger partial charge is 0.298 e. The van der Waals surface area contributed by atoms with Gasteiger partial charge < -0.3 is 19.5 Å². The van der Waals surface area contributed by atoms with E-state index in [4.69, 9.17) is 9.88 Å². The van der Waals surface area contributed by atoms with Crippen molar-refractivity contribution in [3.63, 3.8) is 0 Å². The van der Waals surface area contributed by atoms with E-state index in [1.54, 1.807) is 19.2 Å². The van der Waals surface area contributed by atoms with E-state index in [1.807, 2.05) is 16.9 Å². The molecular formula is C33H39N5O5S. The molecule has 4 unspecified atom stereocenters. The maximum atomic E-state index is 14.6. The van der Waals surface area contributed by atoms with Gasteiger partial charge >= 0.3 is 0 Å². The molecule has 4 heterocycles. The third kappa shape index (κ3) is 4.38. The van der Waals surface area contributed by atoms with Crippen molar-refractivity contribution < 1.29 is 22.7 Å². The van der Waals surface area contributed by atoms with Crippen molar-refractivity contribution in [2.75, 3.05) is 33.3 Å². The lowest BCUT2D eigenvalue weighted by Gasteiger charge is -2.26. The van der Waals surface area contributed by atoms with Crippen LogP contribution >= 0.6 is 0 Å². The minimum Gasteiger partial charge on any atom is -0.497 e. The Hall–Kier alpha value is -3.41. The number of carbonyl (C=O) groups is 2. The van der Waals surface area contributed by atoms with E-state index < -0.39 is 21.5 Å². The van der Waals surface area contributed by atoms with E-state index in [-0.39, 0.29) is 17.4 Å². The van der Waals surface area contributed by atoms with Gasteiger partial charge in [-0.2, -0.15) is 8.42 Å². The Morgan fingerprint density at radius 2 is 1.80 bits per heavy atom. The molecule has 2 amide bonds. The molecule has 4 N–H and O–H groups in total. The SMILES string of the molecule is COc1ccc2c(c1)C1CC1(C(=O)N1CC3CNCC3C1)Cn1c-2c(C2CCCCC2)c2ccc(C(=O)NS(N)(=O)=O)cc21. The van der Waals surface area contributed by atoms with Gasteiger partial charge in [0.25, 0.3) is 16.1 Å². The molecule has 0 spiro atoms. The Balaban J connectivity index is 1.32. The van der Waals surface area contributed by atoms with E-state index >= 15 is 0 Å². The summed E-state index contributed by atoms with van der Waals surface area (Å²) in [5.41, 5.74) is 5.15. The van der Waals surface area contributed by atoms with Gasteiger partial charge in [-0.1, -0.05) is 25.3 Å². The van der Waals surface area contributed by atoms with Crippen LogP contribution in [-0.4, -0.2) is 63.0 Å². The first-order valence-corrected chi connectivity index (χ1v) is 17.4. The molecule has 0 radical (unpaired) electrons. The second-order valence-corrected chi connectivity index (χ2v) is 14.9. The third-order valence-electron chi connectivity index (χ3n) is 11.1. The summed E-state index contributed by atoms with van der Waals surface area (Å²) in [6.45, 7) is 4.02. The summed E-state index contributed by atoms with van der Waals surface area (Å²) in [6, 6.07) is 11.7. The number of methoxy groups -OCH3 is 1. The van der Waals surface area contributed by atoms with E-state index in [9.17, 15) is 18.0 Å². The van der Waals surface area contributed by atoms with Crippen LogP contribution in [0, 0.1) is 17.3 Å². The lowest BCUT2D eigenvalue weighted by Crippen LogP contribution is -2.40. The maximum absolute atomic E-state index is 14.6. The average Bonchev–Trinajstić information content (AvgIpc) is 3.22. The Kier molecular flexibility index (Phi) is 6.42. The van der Waals surface area contributed by atoms with Crippen molar-refractivity contribution in [2.45, 2.75) is 56.9 Å². The number of ether oxygens (including phenoxy) is 1. The molecule has 2 aromatic carbocycles. The van der Waals surface area contributed by atoms with Crippen LogP contribution in [0.15, 0.2) is 36.4 Å². The number of hydrogen-bond acceptors (Lipinski definition) is 6. The molecule has 2 saturated carbocycles. The summed E-state index contributed by atoms with van der Waals surface area (Å²) in [7, 11) is -2.54. The monoisotopic (exact) mass is 617 g/mol. The molecule has 11 heteroatoms. The van der Waals surface area contributed by atoms with Crippen LogP contribution in [0.3, 0.4) is 0 Å². The zero-order valence-electron chi connectivity index (χ0n) is 25.0. The minimum atomic E-state index is -4.22. The van der Waals surface area contributed by atoms with Gasteiger partial charge in [-0.3, -0.25) is 9.59 Å². The number of amides is 2. The fraction of sp³-hybridized carbons (Fsp3) is 0.515. The van der Waals surface area contributed by atoms with Crippen molar-refractivity contribution >= 4 is 32.9 Å². The first kappa shape index (κ1) is 28.1. The molecule has 1 aromatic heterocycles. The molecule has 8 rings (SSSR count). The first-order chi connectivity index (χ1) is 21.2. The third-order valence-corrected chi connectivity index (χ3v) is 11.6. The number of nitrogens with zero attached hydrogens (tertiary/aromatic N) is 2. The van der Waals surface area contributed by atoms with Gasteiger partial charge in [0.05, 0.1) is 18.2 Å². The lowest BCUT2D eigenvalue weighted by atomic mass is 9.81. The van der Waals surface area contributed by atoms with Crippen LogP contribution in [-0.2, 0) is 21.5 Å². The van der Waals surface area contributed by atoms with Crippen LogP contribution in [0.1, 0.15) is 71.8 Å². The highest BCUT2D eigenvalue weighted by Gasteiger charge is 2.64. The Morgan fingerprint density at radius 3 is 2.50 bits per heavy atom. The van der Waals surface area contributed by atoms with Gasteiger partial charge in [0.15, 0.2) is 0 Å². The molecular weight excluding hydrogens is 578 g/mol. The highest BCUT2D eigenvalue weighted by molar-refractivity contribution is 7.87. The molecule has 2 aliphatic carbocycles. The first-order valence-electron chi connectivity index (χ1n) is 15.9. The summed E-state index contributed by atoms with van der Waals surface area (Å²) < 4.78 is 33.3. The number of rotatable bonds is 5. The number of carbonyl (C=O) groups excluding carboxylic acids is 2. The maximum Gasteiger partial charge on any atom is 0.298 e. The van der Waals surface area contributed by atoms with Gasteiger partial charge in [-0.05, 0) is 78.5 Å². The van der Waals surface area contributed by atoms with Crippen LogP contribution in [0.25, 0.3) is 22.2 Å². The summed E-state index contributed by atoms with van der Waals surface area (Å²) in [6.07, 6.45) is 6.49. The van der Waals surface area contributed by atoms with Gasteiger partial charge in [-0.15, -0.1) is 0 Å². The number of nitrogens with two attached hydrogens (primary N) is 1. The Morgan fingerprint density at radius 1 is 1.05 bits per heavy atom. The van der Waals surface area contributed by atoms with Crippen molar-refractivity contribution in [3.05, 3.63) is 53.1 Å². The number of fused-ring (bicyclic) bond motifs is 8.